The van der Waals surface area contributed by atoms with Gasteiger partial charge in [0, 0.05) is 0 Å². The van der Waals surface area contributed by atoms with Gasteiger partial charge in [-0.2, -0.15) is 0 Å². The van der Waals surface area contributed by atoms with Gasteiger partial charge in [0.2, 0.25) is 0 Å². The fourth-order valence-electron chi connectivity index (χ4n) is 6.63. The molecule has 0 amide bonds. The van der Waals surface area contributed by atoms with Crippen LogP contribution in [0.25, 0.3) is 0 Å². The Labute approximate surface area is 264 Å². The summed E-state index contributed by atoms with van der Waals surface area (Å²) >= 11 is 0. The van der Waals surface area contributed by atoms with E-state index < -0.39 is 14.5 Å². The van der Waals surface area contributed by atoms with E-state index in [2.05, 4.69) is 184 Å². The number of ether oxygens (including phenoxy) is 1. The molecule has 0 saturated carbocycles. The fraction of sp³-hybridized carbons (Fsp3) is 0.122. The van der Waals surface area contributed by atoms with Gasteiger partial charge in [0.15, 0.2) is 0 Å². The first-order valence-corrected chi connectivity index (χ1v) is 20.7. The SMILES string of the molecule is CCCc1ccc(Oc2ccccc2[PH](C)(c2ccccc2)c2ccccc2)c([PH](C)(c2ccccc2)c2ccccc2)c1. The Hall–Kier alpha value is -4.02. The summed E-state index contributed by atoms with van der Waals surface area (Å²) in [6.45, 7) is 7.19. The van der Waals surface area contributed by atoms with Crippen molar-refractivity contribution in [3.63, 3.8) is 0 Å². The van der Waals surface area contributed by atoms with Crippen molar-refractivity contribution >= 4 is 46.4 Å². The number of benzene rings is 6. The molecule has 0 radical (unpaired) electrons. The summed E-state index contributed by atoms with van der Waals surface area (Å²) in [6.07, 6.45) is 2.15. The van der Waals surface area contributed by atoms with Crippen molar-refractivity contribution in [1.29, 1.82) is 0 Å². The second kappa shape index (κ2) is 13.3. The van der Waals surface area contributed by atoms with Gasteiger partial charge in [-0.25, -0.2) is 0 Å². The maximum atomic E-state index is 7.22. The van der Waals surface area contributed by atoms with E-state index in [1.165, 1.54) is 37.4 Å². The molecule has 3 heteroatoms. The second-order valence-corrected chi connectivity index (χ2v) is 19.8. The molecular weight excluding hydrogens is 570 g/mol. The van der Waals surface area contributed by atoms with Crippen molar-refractivity contribution in [2.45, 2.75) is 19.8 Å². The molecule has 0 spiro atoms. The summed E-state index contributed by atoms with van der Waals surface area (Å²) in [5.41, 5.74) is 1.36. The van der Waals surface area contributed by atoms with E-state index >= 15 is 0 Å². The van der Waals surface area contributed by atoms with Crippen LogP contribution in [-0.2, 0) is 6.42 Å². The first kappa shape index (κ1) is 30.0. The third kappa shape index (κ3) is 5.76. The second-order valence-electron chi connectivity index (χ2n) is 11.9. The summed E-state index contributed by atoms with van der Waals surface area (Å²) in [7, 11) is -4.85. The summed E-state index contributed by atoms with van der Waals surface area (Å²) in [5.74, 6) is 1.90. The van der Waals surface area contributed by atoms with Crippen LogP contribution in [-0.4, -0.2) is 13.3 Å². The molecule has 0 N–H and O–H groups in total. The number of rotatable bonds is 10. The number of hydrogen-bond donors (Lipinski definition) is 0. The molecule has 1 nitrogen and oxygen atoms in total. The van der Waals surface area contributed by atoms with Crippen LogP contribution in [0.3, 0.4) is 0 Å². The normalized spacial score (nSPS) is 12.4. The van der Waals surface area contributed by atoms with Gasteiger partial charge in [-0.3, -0.25) is 0 Å². The van der Waals surface area contributed by atoms with Crippen molar-refractivity contribution < 1.29 is 4.74 Å². The third-order valence-corrected chi connectivity index (χ3v) is 18.1. The molecule has 6 aromatic carbocycles. The predicted octanol–water partition coefficient (Wildman–Crippen LogP) is 7.74. The van der Waals surface area contributed by atoms with Gasteiger partial charge in [-0.05, 0) is 0 Å². The molecule has 0 aliphatic heterocycles. The molecule has 0 atom stereocenters. The molecule has 0 bridgehead atoms. The van der Waals surface area contributed by atoms with E-state index in [4.69, 9.17) is 4.74 Å². The molecule has 0 unspecified atom stereocenters. The van der Waals surface area contributed by atoms with E-state index in [-0.39, 0.29) is 0 Å². The van der Waals surface area contributed by atoms with Crippen LogP contribution >= 0.6 is 14.5 Å². The average Bonchev–Trinajstić information content (AvgIpc) is 3.10. The number of aryl methyl sites for hydroxylation is 1. The average molecular weight is 613 g/mol. The Morgan fingerprint density at radius 3 is 1.27 bits per heavy atom. The first-order chi connectivity index (χ1) is 21.5. The van der Waals surface area contributed by atoms with Crippen LogP contribution in [0.15, 0.2) is 164 Å². The maximum absolute atomic E-state index is 7.22. The molecule has 0 aliphatic carbocycles. The van der Waals surface area contributed by atoms with Crippen LogP contribution in [0, 0.1) is 0 Å². The van der Waals surface area contributed by atoms with E-state index in [0.717, 1.165) is 24.3 Å². The Bertz CT molecular complexity index is 1720. The van der Waals surface area contributed by atoms with Crippen LogP contribution in [0.5, 0.6) is 11.5 Å². The molecule has 0 fully saturated rings. The molecule has 0 saturated heterocycles. The molecule has 0 aromatic heterocycles. The van der Waals surface area contributed by atoms with E-state index in [0.29, 0.717) is 0 Å². The van der Waals surface area contributed by atoms with Gasteiger partial charge in [-0.15, -0.1) is 0 Å². The number of hydrogen-bond acceptors (Lipinski definition) is 1. The Morgan fingerprint density at radius 2 is 0.818 bits per heavy atom. The van der Waals surface area contributed by atoms with E-state index in [1.807, 2.05) is 0 Å². The quantitative estimate of drug-likeness (QED) is 0.144. The van der Waals surface area contributed by atoms with Gasteiger partial charge in [-0.1, -0.05) is 0 Å². The monoisotopic (exact) mass is 612 g/mol. The summed E-state index contributed by atoms with van der Waals surface area (Å²) < 4.78 is 7.22. The van der Waals surface area contributed by atoms with Crippen molar-refractivity contribution in [3.05, 3.63) is 169 Å². The zero-order valence-electron chi connectivity index (χ0n) is 25.9. The molecule has 6 rings (SSSR count). The Morgan fingerprint density at radius 1 is 0.432 bits per heavy atom. The van der Waals surface area contributed by atoms with Gasteiger partial charge in [0.25, 0.3) is 0 Å². The molecule has 0 heterocycles. The standard InChI is InChI=1S/C41H42OP2/c1-4-19-33-30-31-39(41(32-33)44(3,36-24-13-7-14-25-36)37-26-15-8-16-27-37)42-38-28-17-18-29-40(38)43(2,34-20-9-5-10-21-34)35-22-11-6-12-23-35/h5-18,20-32,43-44H,4,19H2,1-3H3. The predicted molar refractivity (Wildman–Crippen MR) is 199 cm³/mol. The van der Waals surface area contributed by atoms with E-state index in [1.54, 1.807) is 0 Å². The van der Waals surface area contributed by atoms with Crippen LogP contribution in [0.2, 0.25) is 0 Å². The van der Waals surface area contributed by atoms with Gasteiger partial charge in [0.05, 0.1) is 0 Å². The third-order valence-electron chi connectivity index (χ3n) is 9.17. The summed E-state index contributed by atoms with van der Waals surface area (Å²) in [6, 6.07) is 59.8. The fourth-order valence-corrected chi connectivity index (χ4v) is 14.1. The molecular formula is C41H42OP2. The van der Waals surface area contributed by atoms with Crippen LogP contribution in [0.1, 0.15) is 18.9 Å². The molecule has 44 heavy (non-hydrogen) atoms. The van der Waals surface area contributed by atoms with Crippen molar-refractivity contribution in [2.75, 3.05) is 13.3 Å². The minimum absolute atomic E-state index is 0.941. The van der Waals surface area contributed by atoms with E-state index in [9.17, 15) is 0 Å². The van der Waals surface area contributed by atoms with Crippen molar-refractivity contribution in [3.8, 4) is 11.5 Å². The van der Waals surface area contributed by atoms with Gasteiger partial charge < -0.3 is 0 Å². The van der Waals surface area contributed by atoms with Gasteiger partial charge in [0.1, 0.15) is 0 Å². The van der Waals surface area contributed by atoms with Crippen molar-refractivity contribution in [2.24, 2.45) is 0 Å². The topological polar surface area (TPSA) is 9.23 Å². The molecule has 0 aliphatic rings. The summed E-state index contributed by atoms with van der Waals surface area (Å²) in [5, 5.41) is 8.10. The Balaban J connectivity index is 1.56. The van der Waals surface area contributed by atoms with Crippen LogP contribution < -0.4 is 36.6 Å². The molecule has 222 valence electrons. The van der Waals surface area contributed by atoms with Crippen molar-refractivity contribution in [1.82, 2.24) is 0 Å². The first-order valence-electron chi connectivity index (χ1n) is 15.7. The zero-order valence-corrected chi connectivity index (χ0v) is 27.9. The van der Waals surface area contributed by atoms with Gasteiger partial charge >= 0.3 is 265 Å². The van der Waals surface area contributed by atoms with Crippen LogP contribution in [0.4, 0.5) is 0 Å². The zero-order chi connectivity index (χ0) is 30.4. The minimum atomic E-state index is -2.44. The Kier molecular flexibility index (Phi) is 9.09. The summed E-state index contributed by atoms with van der Waals surface area (Å²) in [4.78, 5) is 0. The number of para-hydroxylation sites is 1. The molecule has 6 aromatic rings.